The number of hydrogen-bond acceptors (Lipinski definition) is 3. The predicted octanol–water partition coefficient (Wildman–Crippen LogP) is 1.88. The van der Waals surface area contributed by atoms with Crippen LogP contribution in [0.25, 0.3) is 0 Å². The Morgan fingerprint density at radius 2 is 2.00 bits per heavy atom. The zero-order valence-corrected chi connectivity index (χ0v) is 11.7. The molecule has 1 fully saturated rings. The lowest BCUT2D eigenvalue weighted by Gasteiger charge is -2.34. The quantitative estimate of drug-likeness (QED) is 0.865. The summed E-state index contributed by atoms with van der Waals surface area (Å²) >= 11 is 0. The molecular weight excluding hydrogens is 258 g/mol. The Kier molecular flexibility index (Phi) is 3.97. The maximum atomic E-state index is 12.5. The van der Waals surface area contributed by atoms with E-state index in [0.29, 0.717) is 13.0 Å². The molecule has 1 heterocycles. The molecule has 5 heteroatoms. The third kappa shape index (κ3) is 2.92. The minimum absolute atomic E-state index is 0.0642. The summed E-state index contributed by atoms with van der Waals surface area (Å²) in [4.78, 5) is 25.1. The van der Waals surface area contributed by atoms with Gasteiger partial charge in [-0.3, -0.25) is 9.59 Å². The van der Waals surface area contributed by atoms with Crippen molar-refractivity contribution < 1.29 is 19.8 Å². The highest BCUT2D eigenvalue weighted by atomic mass is 16.4. The maximum absolute atomic E-state index is 12.5. The van der Waals surface area contributed by atoms with Gasteiger partial charge in [0, 0.05) is 13.1 Å². The lowest BCUT2D eigenvalue weighted by Crippen LogP contribution is -2.45. The molecule has 2 unspecified atom stereocenters. The highest BCUT2D eigenvalue weighted by Gasteiger charge is 2.32. The van der Waals surface area contributed by atoms with Crippen LogP contribution >= 0.6 is 0 Å². The number of amides is 1. The summed E-state index contributed by atoms with van der Waals surface area (Å²) in [5, 5.41) is 19.0. The van der Waals surface area contributed by atoms with Gasteiger partial charge in [0.1, 0.15) is 5.75 Å². The molecule has 1 aliphatic heterocycles. The largest absolute Gasteiger partial charge is 0.507 e. The standard InChI is InChI=1S/C15H19NO4/c1-9-3-4-13(17)12(6-9)14(18)16-7-10(2)5-11(8-16)15(19)20/h3-4,6,10-11,17H,5,7-8H2,1-2H3,(H,19,20). The first-order valence-corrected chi connectivity index (χ1v) is 6.70. The van der Waals surface area contributed by atoms with Crippen LogP contribution in [-0.2, 0) is 4.79 Å². The number of rotatable bonds is 2. The number of carbonyl (C=O) groups excluding carboxylic acids is 1. The van der Waals surface area contributed by atoms with Crippen LogP contribution < -0.4 is 0 Å². The number of aliphatic carboxylic acids is 1. The summed E-state index contributed by atoms with van der Waals surface area (Å²) in [5.41, 5.74) is 1.12. The van der Waals surface area contributed by atoms with Gasteiger partial charge in [-0.05, 0) is 31.4 Å². The Labute approximate surface area is 117 Å². The van der Waals surface area contributed by atoms with Gasteiger partial charge < -0.3 is 15.1 Å². The summed E-state index contributed by atoms with van der Waals surface area (Å²) in [6.45, 7) is 4.50. The average Bonchev–Trinajstić information content (AvgIpc) is 2.40. The fourth-order valence-electron chi connectivity index (χ4n) is 2.69. The number of carboxylic acid groups (broad SMARTS) is 1. The van der Waals surface area contributed by atoms with Crippen LogP contribution in [0.5, 0.6) is 5.75 Å². The second-order valence-electron chi connectivity index (χ2n) is 5.61. The van der Waals surface area contributed by atoms with Crippen molar-refractivity contribution in [1.82, 2.24) is 4.90 Å². The first kappa shape index (κ1) is 14.4. The van der Waals surface area contributed by atoms with E-state index in [9.17, 15) is 14.7 Å². The number of phenolic OH excluding ortho intramolecular Hbond substituents is 1. The molecule has 0 aliphatic carbocycles. The summed E-state index contributed by atoms with van der Waals surface area (Å²) < 4.78 is 0. The number of benzene rings is 1. The zero-order valence-electron chi connectivity index (χ0n) is 11.7. The van der Waals surface area contributed by atoms with Crippen LogP contribution in [0.2, 0.25) is 0 Å². The molecule has 20 heavy (non-hydrogen) atoms. The van der Waals surface area contributed by atoms with E-state index in [4.69, 9.17) is 5.11 Å². The predicted molar refractivity (Wildman–Crippen MR) is 73.7 cm³/mol. The van der Waals surface area contributed by atoms with E-state index in [-0.39, 0.29) is 29.7 Å². The van der Waals surface area contributed by atoms with Crippen molar-refractivity contribution in [2.75, 3.05) is 13.1 Å². The molecular formula is C15H19NO4. The number of carboxylic acids is 1. The molecule has 1 aliphatic rings. The minimum Gasteiger partial charge on any atom is -0.507 e. The number of aryl methyl sites for hydroxylation is 1. The van der Waals surface area contributed by atoms with Crippen molar-refractivity contribution in [3.8, 4) is 5.75 Å². The molecule has 108 valence electrons. The number of hydrogen-bond donors (Lipinski definition) is 2. The van der Waals surface area contributed by atoms with Crippen molar-refractivity contribution in [1.29, 1.82) is 0 Å². The molecule has 2 atom stereocenters. The van der Waals surface area contributed by atoms with Crippen LogP contribution in [0.1, 0.15) is 29.3 Å². The third-order valence-corrected chi connectivity index (χ3v) is 3.68. The Bertz CT molecular complexity index is 541. The highest BCUT2D eigenvalue weighted by molar-refractivity contribution is 5.97. The Balaban J connectivity index is 2.23. The van der Waals surface area contributed by atoms with Crippen LogP contribution in [0.15, 0.2) is 18.2 Å². The van der Waals surface area contributed by atoms with Gasteiger partial charge in [0.05, 0.1) is 11.5 Å². The van der Waals surface area contributed by atoms with Crippen LogP contribution in [0, 0.1) is 18.8 Å². The second-order valence-corrected chi connectivity index (χ2v) is 5.61. The van der Waals surface area contributed by atoms with E-state index in [1.165, 1.54) is 11.0 Å². The van der Waals surface area contributed by atoms with Gasteiger partial charge in [-0.2, -0.15) is 0 Å². The smallest absolute Gasteiger partial charge is 0.308 e. The van der Waals surface area contributed by atoms with Crippen molar-refractivity contribution in [2.24, 2.45) is 11.8 Å². The molecule has 0 aromatic heterocycles. The normalized spacial score (nSPS) is 22.6. The number of piperidine rings is 1. The third-order valence-electron chi connectivity index (χ3n) is 3.68. The van der Waals surface area contributed by atoms with E-state index in [1.54, 1.807) is 12.1 Å². The average molecular weight is 277 g/mol. The van der Waals surface area contributed by atoms with Gasteiger partial charge >= 0.3 is 5.97 Å². The van der Waals surface area contributed by atoms with E-state index in [0.717, 1.165) is 5.56 Å². The number of aromatic hydroxyl groups is 1. The molecule has 0 radical (unpaired) electrons. The van der Waals surface area contributed by atoms with Crippen LogP contribution in [0.4, 0.5) is 0 Å². The molecule has 1 aromatic rings. The van der Waals surface area contributed by atoms with Crippen LogP contribution in [-0.4, -0.2) is 40.1 Å². The first-order valence-electron chi connectivity index (χ1n) is 6.70. The summed E-state index contributed by atoms with van der Waals surface area (Å²) in [5.74, 6) is -1.63. The molecule has 0 spiro atoms. The lowest BCUT2D eigenvalue weighted by atomic mass is 9.90. The molecule has 0 bridgehead atoms. The van der Waals surface area contributed by atoms with Crippen molar-refractivity contribution >= 4 is 11.9 Å². The topological polar surface area (TPSA) is 77.8 Å². The Hall–Kier alpha value is -2.04. The van der Waals surface area contributed by atoms with Gasteiger partial charge in [-0.25, -0.2) is 0 Å². The Morgan fingerprint density at radius 1 is 1.30 bits per heavy atom. The molecule has 2 rings (SSSR count). The number of likely N-dealkylation sites (tertiary alicyclic amines) is 1. The van der Waals surface area contributed by atoms with E-state index in [2.05, 4.69) is 0 Å². The minimum atomic E-state index is -0.872. The van der Waals surface area contributed by atoms with Crippen molar-refractivity contribution in [3.63, 3.8) is 0 Å². The number of phenols is 1. The SMILES string of the molecule is Cc1ccc(O)c(C(=O)N2CC(C)CC(C(=O)O)C2)c1. The monoisotopic (exact) mass is 277 g/mol. The summed E-state index contributed by atoms with van der Waals surface area (Å²) in [6, 6.07) is 4.85. The maximum Gasteiger partial charge on any atom is 0.308 e. The fourth-order valence-corrected chi connectivity index (χ4v) is 2.69. The first-order chi connectivity index (χ1) is 9.38. The molecule has 5 nitrogen and oxygen atoms in total. The van der Waals surface area contributed by atoms with Crippen molar-refractivity contribution in [3.05, 3.63) is 29.3 Å². The number of nitrogens with zero attached hydrogens (tertiary/aromatic N) is 1. The van der Waals surface area contributed by atoms with E-state index in [1.807, 2.05) is 13.8 Å². The highest BCUT2D eigenvalue weighted by Crippen LogP contribution is 2.26. The molecule has 0 saturated carbocycles. The molecule has 1 saturated heterocycles. The Morgan fingerprint density at radius 3 is 2.65 bits per heavy atom. The van der Waals surface area contributed by atoms with Crippen LogP contribution in [0.3, 0.4) is 0 Å². The fraction of sp³-hybridized carbons (Fsp3) is 0.467. The lowest BCUT2D eigenvalue weighted by molar-refractivity contribution is -0.143. The van der Waals surface area contributed by atoms with Gasteiger partial charge in [0.15, 0.2) is 0 Å². The van der Waals surface area contributed by atoms with Gasteiger partial charge in [-0.1, -0.05) is 18.6 Å². The molecule has 2 N–H and O–H groups in total. The van der Waals surface area contributed by atoms with Gasteiger partial charge in [0.25, 0.3) is 5.91 Å². The second kappa shape index (κ2) is 5.53. The number of carbonyl (C=O) groups is 2. The van der Waals surface area contributed by atoms with E-state index < -0.39 is 11.9 Å². The van der Waals surface area contributed by atoms with E-state index >= 15 is 0 Å². The molecule has 1 amide bonds. The van der Waals surface area contributed by atoms with Gasteiger partial charge in [0.2, 0.25) is 0 Å². The summed E-state index contributed by atoms with van der Waals surface area (Å²) in [7, 11) is 0. The zero-order chi connectivity index (χ0) is 14.9. The summed E-state index contributed by atoms with van der Waals surface area (Å²) in [6.07, 6.45) is 0.582. The van der Waals surface area contributed by atoms with Gasteiger partial charge in [-0.15, -0.1) is 0 Å². The van der Waals surface area contributed by atoms with Crippen molar-refractivity contribution in [2.45, 2.75) is 20.3 Å². The molecule has 1 aromatic carbocycles.